The van der Waals surface area contributed by atoms with E-state index in [4.69, 9.17) is 4.74 Å². The van der Waals surface area contributed by atoms with Crippen molar-refractivity contribution < 1.29 is 9.53 Å². The van der Waals surface area contributed by atoms with Crippen molar-refractivity contribution in [2.45, 2.75) is 33.2 Å². The van der Waals surface area contributed by atoms with Crippen molar-refractivity contribution in [1.29, 1.82) is 0 Å². The van der Waals surface area contributed by atoms with Crippen LogP contribution in [0.5, 0.6) is 0 Å². The van der Waals surface area contributed by atoms with Crippen LogP contribution >= 0.6 is 15.9 Å². The lowest BCUT2D eigenvalue weighted by atomic mass is 9.86. The van der Waals surface area contributed by atoms with Gasteiger partial charge in [-0.3, -0.25) is 4.90 Å². The maximum absolute atomic E-state index is 11.5. The topological polar surface area (TPSA) is 29.5 Å². The molecule has 1 heterocycles. The van der Waals surface area contributed by atoms with E-state index in [0.717, 1.165) is 35.9 Å². The molecule has 1 aliphatic rings. The van der Waals surface area contributed by atoms with Crippen molar-refractivity contribution in [3.63, 3.8) is 0 Å². The first-order chi connectivity index (χ1) is 10.0. The zero-order chi connectivity index (χ0) is 15.4. The maximum Gasteiger partial charge on any atom is 0.337 e. The predicted molar refractivity (Wildman–Crippen MR) is 88.3 cm³/mol. The highest BCUT2D eigenvalue weighted by atomic mass is 79.9. The molecular weight excluding hydrogens is 330 g/mol. The highest BCUT2D eigenvalue weighted by molar-refractivity contribution is 9.10. The number of likely N-dealkylation sites (tertiary alicyclic amines) is 1. The molecule has 0 N–H and O–H groups in total. The van der Waals surface area contributed by atoms with Crippen molar-refractivity contribution >= 4 is 21.9 Å². The van der Waals surface area contributed by atoms with Crippen molar-refractivity contribution in [3.8, 4) is 0 Å². The van der Waals surface area contributed by atoms with Crippen molar-refractivity contribution in [2.75, 3.05) is 20.2 Å². The van der Waals surface area contributed by atoms with Crippen LogP contribution in [0.25, 0.3) is 0 Å². The number of methoxy groups -OCH3 is 1. The number of esters is 1. The molecule has 1 fully saturated rings. The average molecular weight is 354 g/mol. The van der Waals surface area contributed by atoms with E-state index in [1.54, 1.807) is 0 Å². The van der Waals surface area contributed by atoms with E-state index in [0.29, 0.717) is 5.56 Å². The van der Waals surface area contributed by atoms with E-state index in [2.05, 4.69) is 34.7 Å². The predicted octanol–water partition coefficient (Wildman–Crippen LogP) is 4.10. The zero-order valence-electron chi connectivity index (χ0n) is 13.1. The minimum absolute atomic E-state index is 0.292. The fourth-order valence-corrected chi connectivity index (χ4v) is 3.44. The van der Waals surface area contributed by atoms with Crippen molar-refractivity contribution in [3.05, 3.63) is 33.8 Å². The van der Waals surface area contributed by atoms with Crippen LogP contribution < -0.4 is 0 Å². The summed E-state index contributed by atoms with van der Waals surface area (Å²) >= 11 is 3.57. The number of hydrogen-bond acceptors (Lipinski definition) is 3. The Morgan fingerprint density at radius 3 is 2.57 bits per heavy atom. The van der Waals surface area contributed by atoms with Crippen LogP contribution in [0.1, 0.15) is 42.6 Å². The molecule has 0 aromatic heterocycles. The van der Waals surface area contributed by atoms with E-state index >= 15 is 0 Å². The monoisotopic (exact) mass is 353 g/mol. The zero-order valence-corrected chi connectivity index (χ0v) is 14.6. The molecule has 0 saturated carbocycles. The van der Waals surface area contributed by atoms with Gasteiger partial charge in [-0.05, 0) is 55.5 Å². The van der Waals surface area contributed by atoms with Crippen LogP contribution in [-0.2, 0) is 11.3 Å². The molecule has 21 heavy (non-hydrogen) atoms. The lowest BCUT2D eigenvalue weighted by Crippen LogP contribution is -2.34. The van der Waals surface area contributed by atoms with Gasteiger partial charge in [0.05, 0.1) is 12.7 Å². The van der Waals surface area contributed by atoms with Gasteiger partial charge in [-0.1, -0.05) is 35.8 Å². The lowest BCUT2D eigenvalue weighted by Gasteiger charge is -2.34. The number of carbonyl (C=O) groups is 1. The van der Waals surface area contributed by atoms with E-state index < -0.39 is 0 Å². The number of benzene rings is 1. The van der Waals surface area contributed by atoms with Gasteiger partial charge in [0.2, 0.25) is 0 Å². The minimum Gasteiger partial charge on any atom is -0.465 e. The number of ether oxygens (including phenoxy) is 1. The summed E-state index contributed by atoms with van der Waals surface area (Å²) in [6, 6.07) is 5.71. The Morgan fingerprint density at radius 2 is 2.05 bits per heavy atom. The molecule has 0 aliphatic carbocycles. The van der Waals surface area contributed by atoms with E-state index in [1.807, 2.05) is 18.2 Å². The maximum atomic E-state index is 11.5. The van der Waals surface area contributed by atoms with Crippen LogP contribution in [-0.4, -0.2) is 31.1 Å². The Hall–Kier alpha value is -0.870. The molecule has 1 aliphatic heterocycles. The number of rotatable bonds is 4. The van der Waals surface area contributed by atoms with Crippen molar-refractivity contribution in [1.82, 2.24) is 4.90 Å². The van der Waals surface area contributed by atoms with Gasteiger partial charge in [0.1, 0.15) is 0 Å². The molecule has 1 aromatic carbocycles. The first kappa shape index (κ1) is 16.5. The number of piperidine rings is 1. The number of carbonyl (C=O) groups excluding carboxylic acids is 1. The van der Waals surface area contributed by atoms with Gasteiger partial charge in [-0.2, -0.15) is 0 Å². The normalized spacial score (nSPS) is 17.2. The smallest absolute Gasteiger partial charge is 0.337 e. The second-order valence-electron chi connectivity index (χ2n) is 6.16. The van der Waals surface area contributed by atoms with E-state index in [-0.39, 0.29) is 5.97 Å². The molecule has 0 bridgehead atoms. The SMILES string of the molecule is COC(=O)c1ccc(CN2CCC(C(C)C)CC2)c(Br)c1. The Kier molecular flexibility index (Phi) is 5.82. The van der Waals surface area contributed by atoms with Gasteiger partial charge in [-0.15, -0.1) is 0 Å². The highest BCUT2D eigenvalue weighted by Gasteiger charge is 2.22. The fourth-order valence-electron chi connectivity index (χ4n) is 2.94. The van der Waals surface area contributed by atoms with Gasteiger partial charge in [-0.25, -0.2) is 4.79 Å². The molecule has 116 valence electrons. The molecule has 0 amide bonds. The van der Waals surface area contributed by atoms with Gasteiger partial charge in [0.25, 0.3) is 0 Å². The Morgan fingerprint density at radius 1 is 1.38 bits per heavy atom. The third kappa shape index (κ3) is 4.30. The quantitative estimate of drug-likeness (QED) is 0.763. The van der Waals surface area contributed by atoms with Crippen LogP contribution in [0.2, 0.25) is 0 Å². The third-order valence-electron chi connectivity index (χ3n) is 4.44. The number of hydrogen-bond donors (Lipinski definition) is 0. The summed E-state index contributed by atoms with van der Waals surface area (Å²) in [5, 5.41) is 0. The van der Waals surface area contributed by atoms with Crippen LogP contribution in [0, 0.1) is 11.8 Å². The first-order valence-corrected chi connectivity index (χ1v) is 8.39. The van der Waals surface area contributed by atoms with Gasteiger partial charge >= 0.3 is 5.97 Å². The second-order valence-corrected chi connectivity index (χ2v) is 7.01. The second kappa shape index (κ2) is 7.41. The molecule has 1 aromatic rings. The summed E-state index contributed by atoms with van der Waals surface area (Å²) in [5.41, 5.74) is 1.82. The summed E-state index contributed by atoms with van der Waals surface area (Å²) in [7, 11) is 1.41. The molecule has 0 radical (unpaired) electrons. The minimum atomic E-state index is -0.292. The number of nitrogens with zero attached hydrogens (tertiary/aromatic N) is 1. The molecule has 0 unspecified atom stereocenters. The molecule has 4 heteroatoms. The molecule has 1 saturated heterocycles. The number of halogens is 1. The molecule has 2 rings (SSSR count). The Labute approximate surface area is 135 Å². The van der Waals surface area contributed by atoms with Crippen LogP contribution in [0.4, 0.5) is 0 Å². The summed E-state index contributed by atoms with van der Waals surface area (Å²) in [6.45, 7) is 7.90. The largest absolute Gasteiger partial charge is 0.465 e. The Balaban J connectivity index is 1.96. The lowest BCUT2D eigenvalue weighted by molar-refractivity contribution is 0.0600. The summed E-state index contributed by atoms with van der Waals surface area (Å²) in [6.07, 6.45) is 2.57. The molecular formula is C17H24BrNO2. The first-order valence-electron chi connectivity index (χ1n) is 7.60. The molecule has 3 nitrogen and oxygen atoms in total. The standard InChI is InChI=1S/C17H24BrNO2/c1-12(2)13-6-8-19(9-7-13)11-15-5-4-14(10-16(15)18)17(20)21-3/h4-5,10,12-13H,6-9,11H2,1-3H3. The molecule has 0 atom stereocenters. The van der Waals surface area contributed by atoms with E-state index in [9.17, 15) is 4.79 Å². The average Bonchev–Trinajstić information content (AvgIpc) is 2.49. The summed E-state index contributed by atoms with van der Waals surface area (Å²) in [4.78, 5) is 14.0. The highest BCUT2D eigenvalue weighted by Crippen LogP contribution is 2.27. The third-order valence-corrected chi connectivity index (χ3v) is 5.18. The summed E-state index contributed by atoms with van der Waals surface area (Å²) in [5.74, 6) is 1.37. The van der Waals surface area contributed by atoms with Gasteiger partial charge in [0, 0.05) is 11.0 Å². The fraction of sp³-hybridized carbons (Fsp3) is 0.588. The van der Waals surface area contributed by atoms with E-state index in [1.165, 1.54) is 25.5 Å². The Bertz CT molecular complexity index is 494. The molecule has 0 spiro atoms. The van der Waals surface area contributed by atoms with Crippen molar-refractivity contribution in [2.24, 2.45) is 11.8 Å². The van der Waals surface area contributed by atoms with Crippen LogP contribution in [0.3, 0.4) is 0 Å². The summed E-state index contributed by atoms with van der Waals surface area (Å²) < 4.78 is 5.73. The van der Waals surface area contributed by atoms with Crippen LogP contribution in [0.15, 0.2) is 22.7 Å². The van der Waals surface area contributed by atoms with Gasteiger partial charge < -0.3 is 4.74 Å². The van der Waals surface area contributed by atoms with Gasteiger partial charge in [0.15, 0.2) is 0 Å².